The lowest BCUT2D eigenvalue weighted by atomic mass is 9.80. The Morgan fingerprint density at radius 1 is 1.39 bits per heavy atom. The molecule has 1 saturated carbocycles. The summed E-state index contributed by atoms with van der Waals surface area (Å²) < 4.78 is 21.9. The summed E-state index contributed by atoms with van der Waals surface area (Å²) in [6.07, 6.45) is 3.16. The van der Waals surface area contributed by atoms with Crippen LogP contribution in [0.1, 0.15) is 25.7 Å². The fourth-order valence-electron chi connectivity index (χ4n) is 2.02. The first kappa shape index (κ1) is 15.8. The summed E-state index contributed by atoms with van der Waals surface area (Å²) in [5.41, 5.74) is -0.825. The molecule has 106 valence electrons. The van der Waals surface area contributed by atoms with Crippen LogP contribution < -0.4 is 0 Å². The zero-order valence-corrected chi connectivity index (χ0v) is 12.1. The van der Waals surface area contributed by atoms with Crippen molar-refractivity contribution in [3.05, 3.63) is 0 Å². The Hall–Kier alpha value is -0.270. The van der Waals surface area contributed by atoms with Crippen LogP contribution in [-0.2, 0) is 14.6 Å². The van der Waals surface area contributed by atoms with Crippen molar-refractivity contribution in [3.8, 4) is 0 Å². The lowest BCUT2D eigenvalue weighted by Crippen LogP contribution is -2.38. The van der Waals surface area contributed by atoms with Crippen molar-refractivity contribution in [1.29, 1.82) is 0 Å². The molecule has 1 fully saturated rings. The second kappa shape index (κ2) is 6.25. The van der Waals surface area contributed by atoms with Gasteiger partial charge >= 0.3 is 5.97 Å². The molecule has 0 atom stereocenters. The molecule has 7 heteroatoms. The second-order valence-electron chi connectivity index (χ2n) is 5.02. The van der Waals surface area contributed by atoms with E-state index >= 15 is 0 Å². The maximum atomic E-state index is 10.9. The largest absolute Gasteiger partial charge is 0.481 e. The number of sulfone groups is 1. The van der Waals surface area contributed by atoms with Crippen molar-refractivity contribution >= 4 is 27.6 Å². The van der Waals surface area contributed by atoms with E-state index in [0.29, 0.717) is 37.2 Å². The number of aliphatic hydroxyl groups is 1. The van der Waals surface area contributed by atoms with Crippen LogP contribution in [0.25, 0.3) is 0 Å². The van der Waals surface area contributed by atoms with Gasteiger partial charge in [-0.15, -0.1) is 0 Å². The fourth-order valence-corrected chi connectivity index (χ4v) is 4.51. The van der Waals surface area contributed by atoms with Gasteiger partial charge in [-0.3, -0.25) is 4.79 Å². The molecule has 18 heavy (non-hydrogen) atoms. The summed E-state index contributed by atoms with van der Waals surface area (Å²) in [4.78, 5) is 10.8. The molecule has 0 aromatic carbocycles. The zero-order valence-electron chi connectivity index (χ0n) is 10.5. The number of carbonyl (C=O) groups is 1. The highest BCUT2D eigenvalue weighted by atomic mass is 32.2. The van der Waals surface area contributed by atoms with E-state index in [4.69, 9.17) is 5.11 Å². The van der Waals surface area contributed by atoms with E-state index in [1.54, 1.807) is 0 Å². The summed E-state index contributed by atoms with van der Waals surface area (Å²) in [6.45, 7) is 0. The number of hydrogen-bond acceptors (Lipinski definition) is 5. The zero-order chi connectivity index (χ0) is 13.8. The minimum atomic E-state index is -2.95. The standard InChI is InChI=1S/C11H20O5S2/c1-18(15,16)7-6-17-8-11(14)4-2-9(3-5-11)10(12)13/h9,14H,2-8H2,1H3,(H,12,13). The Kier molecular flexibility index (Phi) is 5.48. The van der Waals surface area contributed by atoms with E-state index in [1.807, 2.05) is 0 Å². The van der Waals surface area contributed by atoms with Gasteiger partial charge < -0.3 is 10.2 Å². The van der Waals surface area contributed by atoms with Gasteiger partial charge in [0.15, 0.2) is 0 Å². The Bertz CT molecular complexity index is 382. The number of rotatable bonds is 6. The summed E-state index contributed by atoms with van der Waals surface area (Å²) in [5.74, 6) is -0.0581. The van der Waals surface area contributed by atoms with Gasteiger partial charge in [0, 0.05) is 17.8 Å². The highest BCUT2D eigenvalue weighted by Gasteiger charge is 2.35. The van der Waals surface area contributed by atoms with E-state index in [9.17, 15) is 18.3 Å². The molecule has 0 bridgehead atoms. The molecule has 0 heterocycles. The van der Waals surface area contributed by atoms with Gasteiger partial charge in [-0.05, 0) is 25.7 Å². The van der Waals surface area contributed by atoms with E-state index in [-0.39, 0.29) is 11.7 Å². The van der Waals surface area contributed by atoms with E-state index in [1.165, 1.54) is 18.0 Å². The lowest BCUT2D eigenvalue weighted by Gasteiger charge is -2.34. The molecule has 5 nitrogen and oxygen atoms in total. The third-order valence-corrected chi connectivity index (χ3v) is 5.67. The molecule has 1 aliphatic rings. The van der Waals surface area contributed by atoms with Crippen LogP contribution in [0, 0.1) is 5.92 Å². The summed E-state index contributed by atoms with van der Waals surface area (Å²) >= 11 is 1.42. The van der Waals surface area contributed by atoms with Crippen LogP contribution in [0.2, 0.25) is 0 Å². The van der Waals surface area contributed by atoms with Gasteiger partial charge in [-0.25, -0.2) is 8.42 Å². The van der Waals surface area contributed by atoms with Crippen molar-refractivity contribution in [3.63, 3.8) is 0 Å². The number of carboxylic acid groups (broad SMARTS) is 1. The molecular weight excluding hydrogens is 276 g/mol. The fraction of sp³-hybridized carbons (Fsp3) is 0.909. The highest BCUT2D eigenvalue weighted by Crippen LogP contribution is 2.34. The van der Waals surface area contributed by atoms with Crippen molar-refractivity contribution in [1.82, 2.24) is 0 Å². The first-order chi connectivity index (χ1) is 8.22. The maximum absolute atomic E-state index is 10.9. The monoisotopic (exact) mass is 296 g/mol. The predicted molar refractivity (Wildman–Crippen MR) is 71.6 cm³/mol. The minimum Gasteiger partial charge on any atom is -0.481 e. The molecule has 1 rings (SSSR count). The molecule has 0 aromatic rings. The van der Waals surface area contributed by atoms with Gasteiger partial charge in [0.05, 0.1) is 17.3 Å². The number of thioether (sulfide) groups is 1. The average molecular weight is 296 g/mol. The van der Waals surface area contributed by atoms with E-state index < -0.39 is 21.4 Å². The number of carboxylic acids is 1. The van der Waals surface area contributed by atoms with Crippen molar-refractivity contribution in [2.75, 3.05) is 23.5 Å². The number of hydrogen-bond donors (Lipinski definition) is 2. The van der Waals surface area contributed by atoms with Gasteiger partial charge in [0.25, 0.3) is 0 Å². The molecule has 0 saturated heterocycles. The summed E-state index contributed by atoms with van der Waals surface area (Å²) in [7, 11) is -2.95. The smallest absolute Gasteiger partial charge is 0.306 e. The first-order valence-corrected chi connectivity index (χ1v) is 9.14. The van der Waals surface area contributed by atoms with Gasteiger partial charge in [0.1, 0.15) is 9.84 Å². The first-order valence-electron chi connectivity index (χ1n) is 5.92. The molecule has 0 amide bonds. The van der Waals surface area contributed by atoms with Gasteiger partial charge in [-0.1, -0.05) is 0 Å². The van der Waals surface area contributed by atoms with Crippen molar-refractivity contribution in [2.45, 2.75) is 31.3 Å². The van der Waals surface area contributed by atoms with Crippen LogP contribution in [0.4, 0.5) is 0 Å². The highest BCUT2D eigenvalue weighted by molar-refractivity contribution is 8.00. The number of aliphatic carboxylic acids is 1. The normalized spacial score (nSPS) is 29.1. The van der Waals surface area contributed by atoms with Crippen LogP contribution in [0.15, 0.2) is 0 Å². The van der Waals surface area contributed by atoms with Crippen molar-refractivity contribution in [2.24, 2.45) is 5.92 Å². The molecule has 1 aliphatic carbocycles. The molecule has 2 N–H and O–H groups in total. The Balaban J connectivity index is 2.28. The quantitative estimate of drug-likeness (QED) is 0.703. The summed E-state index contributed by atoms with van der Waals surface area (Å²) in [5, 5.41) is 19.1. The van der Waals surface area contributed by atoms with E-state index in [0.717, 1.165) is 0 Å². The van der Waals surface area contributed by atoms with Crippen LogP contribution in [0.5, 0.6) is 0 Å². The Morgan fingerprint density at radius 3 is 2.39 bits per heavy atom. The van der Waals surface area contributed by atoms with Gasteiger partial charge in [-0.2, -0.15) is 11.8 Å². The third kappa shape index (κ3) is 5.58. The SMILES string of the molecule is CS(=O)(=O)CCSCC1(O)CCC(C(=O)O)CC1. The van der Waals surface area contributed by atoms with Crippen LogP contribution in [0.3, 0.4) is 0 Å². The van der Waals surface area contributed by atoms with Crippen molar-refractivity contribution < 1.29 is 23.4 Å². The minimum absolute atomic E-state index is 0.117. The average Bonchev–Trinajstić information content (AvgIpc) is 2.24. The molecule has 0 spiro atoms. The Morgan fingerprint density at radius 2 is 1.94 bits per heavy atom. The topological polar surface area (TPSA) is 91.7 Å². The molecule has 0 radical (unpaired) electrons. The predicted octanol–water partition coefficient (Wildman–Crippen LogP) is 0.770. The summed E-state index contributed by atoms with van der Waals surface area (Å²) in [6, 6.07) is 0. The van der Waals surface area contributed by atoms with Gasteiger partial charge in [0.2, 0.25) is 0 Å². The molecular formula is C11H20O5S2. The molecule has 0 unspecified atom stereocenters. The van der Waals surface area contributed by atoms with Crippen LogP contribution >= 0.6 is 11.8 Å². The second-order valence-corrected chi connectivity index (χ2v) is 8.38. The lowest BCUT2D eigenvalue weighted by molar-refractivity contribution is -0.144. The Labute approximate surface area is 112 Å². The molecule has 0 aliphatic heterocycles. The van der Waals surface area contributed by atoms with Crippen LogP contribution in [-0.4, -0.2) is 53.7 Å². The third-order valence-electron chi connectivity index (χ3n) is 3.23. The molecule has 0 aromatic heterocycles. The van der Waals surface area contributed by atoms with E-state index in [2.05, 4.69) is 0 Å². The maximum Gasteiger partial charge on any atom is 0.306 e.